The van der Waals surface area contributed by atoms with E-state index < -0.39 is 6.61 Å². The maximum absolute atomic E-state index is 15.3. The Balaban J connectivity index is 1.70. The summed E-state index contributed by atoms with van der Waals surface area (Å²) in [5.74, 6) is -0.264. The van der Waals surface area contributed by atoms with Gasteiger partial charge in [-0.15, -0.1) is 0 Å². The quantitative estimate of drug-likeness (QED) is 0.221. The second-order valence-corrected chi connectivity index (χ2v) is 7.50. The van der Waals surface area contributed by atoms with Crippen LogP contribution in [0.2, 0.25) is 0 Å². The standard InChI is InChI=1S/C26H23F3O/c1-2-3-4-5-17-6-12-21-19(16-17)9-13-24-23(21)15-14-22(25(24)27)18-7-10-20(11-8-18)30-26(28)29/h6-16,26H,2-5H2,1H3. The van der Waals surface area contributed by atoms with Crippen molar-refractivity contribution in [2.24, 2.45) is 0 Å². The lowest BCUT2D eigenvalue weighted by molar-refractivity contribution is -0.0498. The fraction of sp³-hybridized carbons (Fsp3) is 0.231. The molecular weight excluding hydrogens is 385 g/mol. The van der Waals surface area contributed by atoms with Crippen LogP contribution >= 0.6 is 0 Å². The van der Waals surface area contributed by atoms with E-state index in [1.54, 1.807) is 18.2 Å². The highest BCUT2D eigenvalue weighted by Gasteiger charge is 2.12. The summed E-state index contributed by atoms with van der Waals surface area (Å²) in [6, 6.07) is 19.9. The second-order valence-electron chi connectivity index (χ2n) is 7.50. The monoisotopic (exact) mass is 408 g/mol. The largest absolute Gasteiger partial charge is 0.435 e. The minimum atomic E-state index is -2.88. The van der Waals surface area contributed by atoms with Crippen LogP contribution < -0.4 is 4.74 Å². The molecule has 0 fully saturated rings. The Labute approximate surface area is 174 Å². The first-order valence-electron chi connectivity index (χ1n) is 10.3. The number of rotatable bonds is 7. The number of halogens is 3. The molecule has 0 amide bonds. The van der Waals surface area contributed by atoms with Gasteiger partial charge in [0.05, 0.1) is 0 Å². The van der Waals surface area contributed by atoms with Crippen LogP contribution in [0.1, 0.15) is 31.7 Å². The molecule has 0 atom stereocenters. The first-order chi connectivity index (χ1) is 14.6. The molecule has 0 saturated heterocycles. The third-order valence-electron chi connectivity index (χ3n) is 5.47. The van der Waals surface area contributed by atoms with Crippen LogP contribution in [0, 0.1) is 5.82 Å². The smallest absolute Gasteiger partial charge is 0.387 e. The Kier molecular flexibility index (Phi) is 5.93. The molecule has 0 bridgehead atoms. The number of alkyl halides is 2. The molecule has 4 heteroatoms. The molecule has 0 aromatic heterocycles. The topological polar surface area (TPSA) is 9.23 Å². The van der Waals surface area contributed by atoms with E-state index >= 15 is 4.39 Å². The van der Waals surface area contributed by atoms with Crippen molar-refractivity contribution in [2.45, 2.75) is 39.2 Å². The molecule has 0 heterocycles. The van der Waals surface area contributed by atoms with Crippen molar-refractivity contribution in [1.82, 2.24) is 0 Å². The summed E-state index contributed by atoms with van der Waals surface area (Å²) in [6.45, 7) is -0.686. The van der Waals surface area contributed by atoms with Crippen molar-refractivity contribution in [3.63, 3.8) is 0 Å². The maximum Gasteiger partial charge on any atom is 0.387 e. The summed E-state index contributed by atoms with van der Waals surface area (Å²) in [4.78, 5) is 0. The van der Waals surface area contributed by atoms with E-state index in [1.165, 1.54) is 37.0 Å². The van der Waals surface area contributed by atoms with E-state index in [1.807, 2.05) is 18.2 Å². The van der Waals surface area contributed by atoms with Gasteiger partial charge < -0.3 is 4.74 Å². The number of fused-ring (bicyclic) bond motifs is 3. The molecule has 0 aliphatic rings. The summed E-state index contributed by atoms with van der Waals surface area (Å²) < 4.78 is 44.4. The Bertz CT molecular complexity index is 1170. The van der Waals surface area contributed by atoms with Crippen molar-refractivity contribution >= 4 is 21.5 Å². The zero-order valence-electron chi connectivity index (χ0n) is 16.8. The van der Waals surface area contributed by atoms with E-state index in [9.17, 15) is 8.78 Å². The number of hydrogen-bond acceptors (Lipinski definition) is 1. The summed E-state index contributed by atoms with van der Waals surface area (Å²) in [5, 5.41) is 3.55. The van der Waals surface area contributed by atoms with Crippen molar-refractivity contribution in [1.29, 1.82) is 0 Å². The van der Waals surface area contributed by atoms with Gasteiger partial charge in [0.2, 0.25) is 0 Å². The van der Waals surface area contributed by atoms with Crippen LogP contribution in [0.5, 0.6) is 5.75 Å². The fourth-order valence-corrected chi connectivity index (χ4v) is 3.93. The lowest BCUT2D eigenvalue weighted by Crippen LogP contribution is -2.01. The first kappa shape index (κ1) is 20.3. The van der Waals surface area contributed by atoms with Crippen molar-refractivity contribution in [2.75, 3.05) is 0 Å². The second kappa shape index (κ2) is 8.78. The average Bonchev–Trinajstić information content (AvgIpc) is 2.74. The van der Waals surface area contributed by atoms with Crippen molar-refractivity contribution in [3.8, 4) is 16.9 Å². The van der Waals surface area contributed by atoms with Gasteiger partial charge >= 0.3 is 6.61 Å². The predicted molar refractivity (Wildman–Crippen MR) is 117 cm³/mol. The molecule has 0 aliphatic carbocycles. The highest BCUT2D eigenvalue weighted by atomic mass is 19.3. The van der Waals surface area contributed by atoms with Crippen LogP contribution in [0.4, 0.5) is 13.2 Å². The number of benzene rings is 4. The van der Waals surface area contributed by atoms with E-state index in [0.717, 1.165) is 22.6 Å². The highest BCUT2D eigenvalue weighted by molar-refractivity contribution is 6.08. The summed E-state index contributed by atoms with van der Waals surface area (Å²) in [5.41, 5.74) is 2.35. The van der Waals surface area contributed by atoms with Gasteiger partial charge in [0.15, 0.2) is 0 Å². The number of ether oxygens (including phenoxy) is 1. The Morgan fingerprint density at radius 3 is 2.27 bits per heavy atom. The Morgan fingerprint density at radius 1 is 0.800 bits per heavy atom. The van der Waals surface area contributed by atoms with Gasteiger partial charge in [0, 0.05) is 10.9 Å². The molecule has 154 valence electrons. The molecule has 0 aliphatic heterocycles. The molecule has 0 spiro atoms. The molecule has 0 saturated carbocycles. The van der Waals surface area contributed by atoms with Crippen molar-refractivity contribution in [3.05, 3.63) is 78.1 Å². The van der Waals surface area contributed by atoms with Gasteiger partial charge in [-0.05, 0) is 52.3 Å². The lowest BCUT2D eigenvalue weighted by Gasteiger charge is -2.11. The molecule has 4 rings (SSSR count). The van der Waals surface area contributed by atoms with E-state index in [4.69, 9.17) is 0 Å². The molecule has 4 aromatic carbocycles. The van der Waals surface area contributed by atoms with Gasteiger partial charge in [0.25, 0.3) is 0 Å². The molecule has 0 radical (unpaired) electrons. The van der Waals surface area contributed by atoms with E-state index in [-0.39, 0.29) is 11.6 Å². The zero-order valence-corrected chi connectivity index (χ0v) is 16.8. The zero-order chi connectivity index (χ0) is 21.1. The van der Waals surface area contributed by atoms with Gasteiger partial charge in [-0.25, -0.2) is 4.39 Å². The predicted octanol–water partition coefficient (Wildman–Crippen LogP) is 8.13. The number of aryl methyl sites for hydroxylation is 1. The van der Waals surface area contributed by atoms with Crippen LogP contribution in [-0.4, -0.2) is 6.61 Å². The lowest BCUT2D eigenvalue weighted by atomic mass is 9.95. The molecular formula is C26H23F3O. The van der Waals surface area contributed by atoms with E-state index in [0.29, 0.717) is 16.5 Å². The summed E-state index contributed by atoms with van der Waals surface area (Å²) >= 11 is 0. The first-order valence-corrected chi connectivity index (χ1v) is 10.3. The minimum absolute atomic E-state index is 0.0516. The van der Waals surface area contributed by atoms with Crippen LogP contribution in [-0.2, 0) is 6.42 Å². The highest BCUT2D eigenvalue weighted by Crippen LogP contribution is 2.34. The van der Waals surface area contributed by atoms with Crippen LogP contribution in [0.25, 0.3) is 32.7 Å². The minimum Gasteiger partial charge on any atom is -0.435 e. The van der Waals surface area contributed by atoms with Crippen LogP contribution in [0.15, 0.2) is 66.7 Å². The van der Waals surface area contributed by atoms with Gasteiger partial charge in [-0.2, -0.15) is 8.78 Å². The average molecular weight is 408 g/mol. The third kappa shape index (κ3) is 4.13. The van der Waals surface area contributed by atoms with Crippen LogP contribution in [0.3, 0.4) is 0 Å². The molecule has 0 unspecified atom stereocenters. The molecule has 4 aromatic rings. The van der Waals surface area contributed by atoms with Crippen molar-refractivity contribution < 1.29 is 17.9 Å². The maximum atomic E-state index is 15.3. The normalized spacial score (nSPS) is 11.5. The summed E-state index contributed by atoms with van der Waals surface area (Å²) in [7, 11) is 0. The number of unbranched alkanes of at least 4 members (excludes halogenated alkanes) is 2. The molecule has 1 nitrogen and oxygen atoms in total. The SMILES string of the molecule is CCCCCc1ccc2c(ccc3c(F)c(-c4ccc(OC(F)F)cc4)ccc32)c1. The summed E-state index contributed by atoms with van der Waals surface area (Å²) in [6.07, 6.45) is 4.65. The molecule has 0 N–H and O–H groups in total. The van der Waals surface area contributed by atoms with Gasteiger partial charge in [-0.3, -0.25) is 0 Å². The number of hydrogen-bond donors (Lipinski definition) is 0. The molecule has 30 heavy (non-hydrogen) atoms. The Hall–Kier alpha value is -3.01. The fourth-order valence-electron chi connectivity index (χ4n) is 3.93. The van der Waals surface area contributed by atoms with E-state index in [2.05, 4.69) is 29.9 Å². The Morgan fingerprint density at radius 2 is 1.53 bits per heavy atom. The van der Waals surface area contributed by atoms with Gasteiger partial charge in [-0.1, -0.05) is 74.4 Å². The third-order valence-corrected chi connectivity index (χ3v) is 5.47. The van der Waals surface area contributed by atoms with Gasteiger partial charge in [0.1, 0.15) is 11.6 Å².